The van der Waals surface area contributed by atoms with Gasteiger partial charge in [-0.05, 0) is 48.4 Å². The maximum Gasteiger partial charge on any atom is 0.338 e. The molecule has 0 aliphatic heterocycles. The number of fused-ring (bicyclic) bond motifs is 1. The van der Waals surface area contributed by atoms with E-state index in [0.29, 0.717) is 29.6 Å². The van der Waals surface area contributed by atoms with Crippen LogP contribution >= 0.6 is 11.3 Å². The summed E-state index contributed by atoms with van der Waals surface area (Å²) < 4.78 is 6.97. The highest BCUT2D eigenvalue weighted by Crippen LogP contribution is 2.33. The molecule has 0 saturated carbocycles. The third kappa shape index (κ3) is 3.73. The number of aromatic nitrogens is 6. The lowest BCUT2D eigenvalue weighted by molar-refractivity contribution is 0.0456. The third-order valence-electron chi connectivity index (χ3n) is 4.81. The number of benzene rings is 1. The molecular weight excluding hydrogens is 402 g/mol. The smallest absolute Gasteiger partial charge is 0.338 e. The van der Waals surface area contributed by atoms with Crippen LogP contribution in [-0.2, 0) is 17.9 Å². The molecule has 2 N–H and O–H groups in total. The monoisotopic (exact) mass is 423 g/mol. The third-order valence-corrected chi connectivity index (χ3v) is 5.91. The van der Waals surface area contributed by atoms with E-state index in [0.717, 1.165) is 27.8 Å². The van der Waals surface area contributed by atoms with Crippen molar-refractivity contribution in [3.63, 3.8) is 0 Å². The lowest BCUT2D eigenvalue weighted by Gasteiger charge is -2.07. The highest BCUT2D eigenvalue weighted by Gasteiger charge is 2.15. The molecule has 0 radical (unpaired) electrons. The summed E-state index contributed by atoms with van der Waals surface area (Å²) in [5, 5.41) is 12.3. The number of carbonyl (C=O) groups excluding carboxylic acids is 1. The van der Waals surface area contributed by atoms with Crippen LogP contribution in [0.2, 0.25) is 0 Å². The van der Waals surface area contributed by atoms with E-state index in [1.165, 1.54) is 4.88 Å². The molecule has 0 aliphatic carbocycles. The van der Waals surface area contributed by atoms with E-state index >= 15 is 0 Å². The fourth-order valence-electron chi connectivity index (χ4n) is 3.09. The van der Waals surface area contributed by atoms with Crippen molar-refractivity contribution in [3.8, 4) is 11.4 Å². The molecule has 3 heterocycles. The van der Waals surface area contributed by atoms with E-state index in [9.17, 15) is 4.79 Å². The van der Waals surface area contributed by atoms with Gasteiger partial charge in [0.1, 0.15) is 10.6 Å². The van der Waals surface area contributed by atoms with Crippen molar-refractivity contribution >= 4 is 33.3 Å². The van der Waals surface area contributed by atoms with Crippen LogP contribution in [0.1, 0.15) is 40.0 Å². The zero-order chi connectivity index (χ0) is 21.3. The van der Waals surface area contributed by atoms with Crippen LogP contribution in [0.15, 0.2) is 24.3 Å². The van der Waals surface area contributed by atoms with Crippen molar-refractivity contribution < 1.29 is 9.53 Å². The maximum atomic E-state index is 12.4. The molecule has 0 amide bonds. The van der Waals surface area contributed by atoms with E-state index in [-0.39, 0.29) is 6.61 Å². The molecule has 30 heavy (non-hydrogen) atoms. The molecule has 0 saturated heterocycles. The highest BCUT2D eigenvalue weighted by molar-refractivity contribution is 7.18. The Labute approximate surface area is 176 Å². The number of esters is 1. The number of tetrazole rings is 1. The van der Waals surface area contributed by atoms with E-state index in [2.05, 4.69) is 25.5 Å². The first-order chi connectivity index (χ1) is 14.5. The summed E-state index contributed by atoms with van der Waals surface area (Å²) in [6.07, 6.45) is 0.885. The predicted octanol–water partition coefficient (Wildman–Crippen LogP) is 3.31. The van der Waals surface area contributed by atoms with Gasteiger partial charge in [-0.15, -0.1) is 16.4 Å². The molecule has 0 spiro atoms. The zero-order valence-electron chi connectivity index (χ0n) is 16.9. The first-order valence-electron chi connectivity index (χ1n) is 9.53. The summed E-state index contributed by atoms with van der Waals surface area (Å²) in [6.45, 7) is 6.78. The summed E-state index contributed by atoms with van der Waals surface area (Å²) >= 11 is 1.60. The van der Waals surface area contributed by atoms with Gasteiger partial charge in [0.05, 0.1) is 10.9 Å². The molecule has 1 aromatic carbocycles. The van der Waals surface area contributed by atoms with Crippen LogP contribution in [0.4, 0.5) is 5.82 Å². The van der Waals surface area contributed by atoms with Crippen LogP contribution in [-0.4, -0.2) is 36.1 Å². The normalized spacial score (nSPS) is 11.2. The van der Waals surface area contributed by atoms with Gasteiger partial charge in [-0.3, -0.25) is 0 Å². The molecule has 4 aromatic rings. The van der Waals surface area contributed by atoms with Crippen molar-refractivity contribution in [2.45, 2.75) is 40.3 Å². The molecule has 4 rings (SSSR count). The summed E-state index contributed by atoms with van der Waals surface area (Å²) in [6, 6.07) is 6.93. The SMILES string of the molecule is CCCn1nnnc1COC(=O)c1ccc(-c2nc(N)c3c(C)c(C)sc3n2)cc1. The number of hydrogen-bond acceptors (Lipinski definition) is 9. The van der Waals surface area contributed by atoms with Crippen LogP contribution < -0.4 is 5.73 Å². The number of nitrogen functional groups attached to an aromatic ring is 1. The number of ether oxygens (including phenoxy) is 1. The molecule has 10 heteroatoms. The quantitative estimate of drug-likeness (QED) is 0.469. The number of nitrogens with zero attached hydrogens (tertiary/aromatic N) is 6. The van der Waals surface area contributed by atoms with Crippen molar-refractivity contribution in [3.05, 3.63) is 46.1 Å². The minimum absolute atomic E-state index is 0.0149. The average molecular weight is 424 g/mol. The number of thiophene rings is 1. The minimum atomic E-state index is -0.451. The second-order valence-corrected chi connectivity index (χ2v) is 8.07. The second-order valence-electron chi connectivity index (χ2n) is 6.87. The number of anilines is 1. The first-order valence-corrected chi connectivity index (χ1v) is 10.4. The number of carbonyl (C=O) groups is 1. The zero-order valence-corrected chi connectivity index (χ0v) is 17.7. The van der Waals surface area contributed by atoms with Gasteiger partial charge in [-0.25, -0.2) is 19.4 Å². The van der Waals surface area contributed by atoms with Crippen molar-refractivity contribution in [1.82, 2.24) is 30.2 Å². The molecule has 154 valence electrons. The summed E-state index contributed by atoms with van der Waals surface area (Å²) in [5.41, 5.74) is 8.48. The van der Waals surface area contributed by atoms with Gasteiger partial charge in [-0.1, -0.05) is 19.1 Å². The lowest BCUT2D eigenvalue weighted by atomic mass is 10.1. The Morgan fingerprint density at radius 1 is 1.20 bits per heavy atom. The molecule has 0 atom stereocenters. The van der Waals surface area contributed by atoms with E-state index in [1.54, 1.807) is 40.3 Å². The Morgan fingerprint density at radius 2 is 1.97 bits per heavy atom. The number of rotatable bonds is 6. The maximum absolute atomic E-state index is 12.4. The Kier molecular flexibility index (Phi) is 5.40. The van der Waals surface area contributed by atoms with Crippen molar-refractivity contribution in [2.75, 3.05) is 5.73 Å². The standard InChI is InChI=1S/C20H21N7O2S/c1-4-9-27-15(24-25-26-27)10-29-20(28)14-7-5-13(6-8-14)18-22-17(21)16-11(2)12(3)30-19(16)23-18/h5-8H,4,9-10H2,1-3H3,(H2,21,22,23). The minimum Gasteiger partial charge on any atom is -0.454 e. The Bertz CT molecular complexity index is 1210. The van der Waals surface area contributed by atoms with E-state index in [4.69, 9.17) is 10.5 Å². The van der Waals surface area contributed by atoms with Crippen LogP contribution in [0.3, 0.4) is 0 Å². The molecule has 0 bridgehead atoms. The topological polar surface area (TPSA) is 122 Å². The second kappa shape index (κ2) is 8.15. The average Bonchev–Trinajstić information content (AvgIpc) is 3.30. The summed E-state index contributed by atoms with van der Waals surface area (Å²) in [7, 11) is 0. The Hall–Kier alpha value is -3.40. The molecule has 0 aliphatic rings. The highest BCUT2D eigenvalue weighted by atomic mass is 32.1. The summed E-state index contributed by atoms with van der Waals surface area (Å²) in [5.74, 6) is 1.05. The Balaban J connectivity index is 1.50. The van der Waals surface area contributed by atoms with Gasteiger partial charge in [0.2, 0.25) is 0 Å². The van der Waals surface area contributed by atoms with Crippen LogP contribution in [0, 0.1) is 13.8 Å². The molecular formula is C20H21N7O2S. The van der Waals surface area contributed by atoms with Crippen LogP contribution in [0.25, 0.3) is 21.6 Å². The number of hydrogen-bond donors (Lipinski definition) is 1. The molecule has 3 aromatic heterocycles. The predicted molar refractivity (Wildman–Crippen MR) is 114 cm³/mol. The fraction of sp³-hybridized carbons (Fsp3) is 0.300. The molecule has 0 fully saturated rings. The molecule has 0 unspecified atom stereocenters. The van der Waals surface area contributed by atoms with Crippen molar-refractivity contribution in [2.24, 2.45) is 0 Å². The van der Waals surface area contributed by atoms with Gasteiger partial charge in [-0.2, -0.15) is 0 Å². The number of aryl methyl sites for hydroxylation is 3. The van der Waals surface area contributed by atoms with Gasteiger partial charge in [0.25, 0.3) is 0 Å². The molecule has 9 nitrogen and oxygen atoms in total. The van der Waals surface area contributed by atoms with Crippen molar-refractivity contribution in [1.29, 1.82) is 0 Å². The van der Waals surface area contributed by atoms with Gasteiger partial charge in [0, 0.05) is 17.0 Å². The summed E-state index contributed by atoms with van der Waals surface area (Å²) in [4.78, 5) is 23.5. The van der Waals surface area contributed by atoms with E-state index < -0.39 is 5.97 Å². The largest absolute Gasteiger partial charge is 0.454 e. The van der Waals surface area contributed by atoms with Gasteiger partial charge in [0.15, 0.2) is 18.3 Å². The fourth-order valence-corrected chi connectivity index (χ4v) is 4.13. The number of nitrogens with two attached hydrogens (primary N) is 1. The van der Waals surface area contributed by atoms with Gasteiger partial charge >= 0.3 is 5.97 Å². The van der Waals surface area contributed by atoms with Crippen LogP contribution in [0.5, 0.6) is 0 Å². The lowest BCUT2D eigenvalue weighted by Crippen LogP contribution is -2.11. The Morgan fingerprint density at radius 3 is 2.70 bits per heavy atom. The van der Waals surface area contributed by atoms with Gasteiger partial charge < -0.3 is 10.5 Å². The van der Waals surface area contributed by atoms with E-state index in [1.807, 2.05) is 20.8 Å². The first kappa shape index (κ1) is 19.9.